The lowest BCUT2D eigenvalue weighted by Crippen LogP contribution is -2.53. The molecule has 2 atom stereocenters. The first-order chi connectivity index (χ1) is 9.72. The maximum absolute atomic E-state index is 12.1. The molecule has 21 heavy (non-hydrogen) atoms. The summed E-state index contributed by atoms with van der Waals surface area (Å²) in [4.78, 5) is 25.1. The zero-order valence-corrected chi connectivity index (χ0v) is 13.4. The van der Waals surface area contributed by atoms with Crippen LogP contribution in [0.25, 0.3) is 0 Å². The predicted molar refractivity (Wildman–Crippen MR) is 81.9 cm³/mol. The topological polar surface area (TPSA) is 95.7 Å². The largest absolute Gasteiger partial charge is 0.481 e. The summed E-state index contributed by atoms with van der Waals surface area (Å²) < 4.78 is 0. The zero-order chi connectivity index (χ0) is 16.0. The SMILES string of the molecule is CC(C)(C)C(=O)NC1CC(CCC(=O)O)CN(CCN)C1. The second-order valence-electron chi connectivity index (χ2n) is 7.00. The van der Waals surface area contributed by atoms with Crippen LogP contribution in [0.5, 0.6) is 0 Å². The normalized spacial score (nSPS) is 23.8. The van der Waals surface area contributed by atoms with Crippen LogP contribution in [0.1, 0.15) is 40.0 Å². The van der Waals surface area contributed by atoms with Gasteiger partial charge in [0.25, 0.3) is 0 Å². The Bertz CT molecular complexity index is 366. The highest BCUT2D eigenvalue weighted by Gasteiger charge is 2.30. The number of aliphatic carboxylic acids is 1. The van der Waals surface area contributed by atoms with Crippen molar-refractivity contribution in [3.05, 3.63) is 0 Å². The van der Waals surface area contributed by atoms with E-state index in [2.05, 4.69) is 10.2 Å². The van der Waals surface area contributed by atoms with Crippen LogP contribution < -0.4 is 11.1 Å². The van der Waals surface area contributed by atoms with Gasteiger partial charge in [-0.1, -0.05) is 20.8 Å². The summed E-state index contributed by atoms with van der Waals surface area (Å²) in [6.07, 6.45) is 1.68. The molecule has 1 fully saturated rings. The van der Waals surface area contributed by atoms with E-state index in [1.165, 1.54) is 0 Å². The second-order valence-corrected chi connectivity index (χ2v) is 7.00. The quantitative estimate of drug-likeness (QED) is 0.670. The Balaban J connectivity index is 2.61. The van der Waals surface area contributed by atoms with Gasteiger partial charge in [0.1, 0.15) is 0 Å². The molecule has 4 N–H and O–H groups in total. The molecule has 0 radical (unpaired) electrons. The van der Waals surface area contributed by atoms with Gasteiger partial charge in [-0.15, -0.1) is 0 Å². The first-order valence-electron chi connectivity index (χ1n) is 7.67. The Morgan fingerprint density at radius 2 is 2.00 bits per heavy atom. The fourth-order valence-corrected chi connectivity index (χ4v) is 2.71. The molecule has 1 amide bonds. The first kappa shape index (κ1) is 17.9. The first-order valence-corrected chi connectivity index (χ1v) is 7.67. The van der Waals surface area contributed by atoms with Gasteiger partial charge in [-0.05, 0) is 18.8 Å². The fraction of sp³-hybridized carbons (Fsp3) is 0.867. The summed E-state index contributed by atoms with van der Waals surface area (Å²) >= 11 is 0. The van der Waals surface area contributed by atoms with E-state index >= 15 is 0 Å². The predicted octanol–water partition coefficient (Wildman–Crippen LogP) is 0.663. The van der Waals surface area contributed by atoms with Gasteiger partial charge in [0.15, 0.2) is 0 Å². The molecule has 0 bridgehead atoms. The van der Waals surface area contributed by atoms with E-state index in [9.17, 15) is 9.59 Å². The van der Waals surface area contributed by atoms with E-state index in [1.54, 1.807) is 0 Å². The molecule has 0 aromatic carbocycles. The minimum Gasteiger partial charge on any atom is -0.481 e. The summed E-state index contributed by atoms with van der Waals surface area (Å²) in [6, 6.07) is 0.0795. The molecule has 2 unspecified atom stereocenters. The van der Waals surface area contributed by atoms with E-state index in [1.807, 2.05) is 20.8 Å². The zero-order valence-electron chi connectivity index (χ0n) is 13.4. The Kier molecular flexibility index (Phi) is 6.61. The number of carbonyl (C=O) groups excluding carboxylic acids is 1. The number of amides is 1. The number of hydrogen-bond acceptors (Lipinski definition) is 4. The molecule has 1 aliphatic heterocycles. The van der Waals surface area contributed by atoms with Crippen LogP contribution in [-0.4, -0.2) is 54.1 Å². The monoisotopic (exact) mass is 299 g/mol. The van der Waals surface area contributed by atoms with E-state index < -0.39 is 11.4 Å². The molecule has 6 heteroatoms. The number of nitrogens with one attached hydrogen (secondary N) is 1. The van der Waals surface area contributed by atoms with Crippen LogP contribution in [0.15, 0.2) is 0 Å². The number of likely N-dealkylation sites (tertiary alicyclic amines) is 1. The summed E-state index contributed by atoms with van der Waals surface area (Å²) in [5.41, 5.74) is 5.21. The lowest BCUT2D eigenvalue weighted by molar-refractivity contribution is -0.137. The number of carboxylic acids is 1. The van der Waals surface area contributed by atoms with Crippen molar-refractivity contribution < 1.29 is 14.7 Å². The van der Waals surface area contributed by atoms with Crippen molar-refractivity contribution in [2.45, 2.75) is 46.1 Å². The second kappa shape index (κ2) is 7.75. The van der Waals surface area contributed by atoms with Crippen LogP contribution in [0.3, 0.4) is 0 Å². The van der Waals surface area contributed by atoms with Crippen LogP contribution in [0.4, 0.5) is 0 Å². The third-order valence-electron chi connectivity index (χ3n) is 3.84. The van der Waals surface area contributed by atoms with E-state index in [4.69, 9.17) is 10.8 Å². The number of hydrogen-bond donors (Lipinski definition) is 3. The molecule has 0 aromatic rings. The Hall–Kier alpha value is -1.14. The Morgan fingerprint density at radius 1 is 1.33 bits per heavy atom. The van der Waals surface area contributed by atoms with Gasteiger partial charge in [0.2, 0.25) is 5.91 Å². The minimum absolute atomic E-state index is 0.0408. The summed E-state index contributed by atoms with van der Waals surface area (Å²) in [7, 11) is 0. The van der Waals surface area contributed by atoms with Crippen molar-refractivity contribution in [3.8, 4) is 0 Å². The molecular formula is C15H29N3O3. The van der Waals surface area contributed by atoms with Gasteiger partial charge in [-0.3, -0.25) is 14.5 Å². The number of rotatable bonds is 6. The summed E-state index contributed by atoms with van der Waals surface area (Å²) in [5, 5.41) is 11.9. The maximum Gasteiger partial charge on any atom is 0.303 e. The van der Waals surface area contributed by atoms with Gasteiger partial charge < -0.3 is 16.2 Å². The minimum atomic E-state index is -0.763. The summed E-state index contributed by atoms with van der Waals surface area (Å²) in [5.74, 6) is -0.424. The molecule has 1 saturated heterocycles. The fourth-order valence-electron chi connectivity index (χ4n) is 2.71. The lowest BCUT2D eigenvalue weighted by Gasteiger charge is -2.38. The van der Waals surface area contributed by atoms with Crippen LogP contribution in [0, 0.1) is 11.3 Å². The molecule has 0 spiro atoms. The van der Waals surface area contributed by atoms with Crippen molar-refractivity contribution >= 4 is 11.9 Å². The Morgan fingerprint density at radius 3 is 2.52 bits per heavy atom. The van der Waals surface area contributed by atoms with Gasteiger partial charge in [-0.25, -0.2) is 0 Å². The molecule has 0 saturated carbocycles. The number of carboxylic acid groups (broad SMARTS) is 1. The number of piperidine rings is 1. The highest BCUT2D eigenvalue weighted by atomic mass is 16.4. The number of nitrogens with two attached hydrogens (primary N) is 1. The summed E-state index contributed by atoms with van der Waals surface area (Å²) in [6.45, 7) is 8.70. The van der Waals surface area contributed by atoms with Gasteiger partial charge in [0, 0.05) is 44.1 Å². The number of carbonyl (C=O) groups is 2. The average Bonchev–Trinajstić information content (AvgIpc) is 2.35. The molecule has 1 heterocycles. The van der Waals surface area contributed by atoms with Crippen molar-refractivity contribution in [1.29, 1.82) is 0 Å². The molecule has 122 valence electrons. The number of nitrogens with zero attached hydrogens (tertiary/aromatic N) is 1. The van der Waals surface area contributed by atoms with Crippen LogP contribution >= 0.6 is 0 Å². The Labute approximate surface area is 127 Å². The van der Waals surface area contributed by atoms with Crippen molar-refractivity contribution in [2.75, 3.05) is 26.2 Å². The van der Waals surface area contributed by atoms with Gasteiger partial charge in [0.05, 0.1) is 0 Å². The van der Waals surface area contributed by atoms with Crippen molar-refractivity contribution in [1.82, 2.24) is 10.2 Å². The van der Waals surface area contributed by atoms with Crippen LogP contribution in [-0.2, 0) is 9.59 Å². The molecule has 6 nitrogen and oxygen atoms in total. The molecule has 1 rings (SSSR count). The van der Waals surface area contributed by atoms with Gasteiger partial charge in [-0.2, -0.15) is 0 Å². The molecule has 0 aromatic heterocycles. The maximum atomic E-state index is 12.1. The van der Waals surface area contributed by atoms with E-state index in [0.717, 1.165) is 26.1 Å². The highest BCUT2D eigenvalue weighted by molar-refractivity contribution is 5.81. The van der Waals surface area contributed by atoms with Crippen LogP contribution in [0.2, 0.25) is 0 Å². The highest BCUT2D eigenvalue weighted by Crippen LogP contribution is 2.22. The average molecular weight is 299 g/mol. The standard InChI is InChI=1S/C15H29N3O3/c1-15(2,3)14(21)17-12-8-11(4-5-13(19)20)9-18(10-12)7-6-16/h11-12H,4-10,16H2,1-3H3,(H,17,21)(H,19,20). The molecule has 1 aliphatic rings. The molecular weight excluding hydrogens is 270 g/mol. The third-order valence-corrected chi connectivity index (χ3v) is 3.84. The van der Waals surface area contributed by atoms with Crippen molar-refractivity contribution in [2.24, 2.45) is 17.1 Å². The van der Waals surface area contributed by atoms with E-state index in [-0.39, 0.29) is 18.4 Å². The van der Waals surface area contributed by atoms with E-state index in [0.29, 0.717) is 18.9 Å². The molecule has 0 aliphatic carbocycles. The lowest BCUT2D eigenvalue weighted by atomic mass is 9.89. The third kappa shape index (κ3) is 6.44. The smallest absolute Gasteiger partial charge is 0.303 e. The van der Waals surface area contributed by atoms with Gasteiger partial charge >= 0.3 is 5.97 Å². The van der Waals surface area contributed by atoms with Crippen molar-refractivity contribution in [3.63, 3.8) is 0 Å².